The fourth-order valence-electron chi connectivity index (χ4n) is 3.79. The number of morpholine rings is 1. The second-order valence-corrected chi connectivity index (χ2v) is 8.84. The zero-order chi connectivity index (χ0) is 27.8. The number of unbranched alkanes of at least 4 members (excludes halogenated alkanes) is 1. The first-order valence-electron chi connectivity index (χ1n) is 12.7. The van der Waals surface area contributed by atoms with Crippen LogP contribution in [0.3, 0.4) is 0 Å². The molecule has 13 nitrogen and oxygen atoms in total. The van der Waals surface area contributed by atoms with Crippen LogP contribution in [0.15, 0.2) is 35.4 Å². The van der Waals surface area contributed by atoms with Crippen molar-refractivity contribution >= 4 is 30.2 Å². The Kier molecular flexibility index (Phi) is 13.4. The van der Waals surface area contributed by atoms with Gasteiger partial charge >= 0.3 is 12.1 Å². The molecule has 1 aliphatic rings. The van der Waals surface area contributed by atoms with Crippen molar-refractivity contribution in [2.24, 2.45) is 10.9 Å². The van der Waals surface area contributed by atoms with E-state index < -0.39 is 29.9 Å². The Balaban J connectivity index is 2.03. The zero-order valence-electron chi connectivity index (χ0n) is 21.7. The molecule has 210 valence electrons. The lowest BCUT2D eigenvalue weighted by molar-refractivity contribution is -0.140. The number of nitrogens with one attached hydrogen (secondary N) is 2. The number of carboxylic acids is 1. The molecule has 0 aromatic heterocycles. The molecule has 13 heteroatoms. The quantitative estimate of drug-likeness (QED) is 0.108. The standard InChI is InChI=1S/C25H38N6O7/c1-2-3-10-31(11-9-23(33)34)24(35)21(29-25(36)38-17-19-7-5-4-6-8-19)14-22(32)27-15-20-16-30(18-28-26)12-13-37-20/h4-8,18,20-21H,2-3,9-17,26H2,1H3,(H,27,32)(H,29,36)(H,33,34)/t20-,21?/m0/s1. The van der Waals surface area contributed by atoms with E-state index in [1.807, 2.05) is 17.9 Å². The van der Waals surface area contributed by atoms with Gasteiger partial charge in [-0.2, -0.15) is 5.10 Å². The maximum absolute atomic E-state index is 13.4. The van der Waals surface area contributed by atoms with Crippen molar-refractivity contribution in [3.05, 3.63) is 35.9 Å². The molecule has 38 heavy (non-hydrogen) atoms. The van der Waals surface area contributed by atoms with Crippen LogP contribution in [0.4, 0.5) is 4.79 Å². The zero-order valence-corrected chi connectivity index (χ0v) is 21.7. The predicted octanol–water partition coefficient (Wildman–Crippen LogP) is 0.494. The molecule has 5 N–H and O–H groups in total. The normalized spacial score (nSPS) is 16.0. The molecule has 1 aromatic carbocycles. The van der Waals surface area contributed by atoms with Crippen LogP contribution in [0, 0.1) is 0 Å². The summed E-state index contributed by atoms with van der Waals surface area (Å²) in [5.74, 6) is 3.12. The average Bonchev–Trinajstić information content (AvgIpc) is 2.91. The molecule has 1 fully saturated rings. The Morgan fingerprint density at radius 1 is 1.29 bits per heavy atom. The lowest BCUT2D eigenvalue weighted by atomic mass is 10.1. The molecule has 3 amide bonds. The number of rotatable bonds is 15. The number of amides is 3. The summed E-state index contributed by atoms with van der Waals surface area (Å²) < 4.78 is 10.9. The van der Waals surface area contributed by atoms with Gasteiger partial charge in [-0.3, -0.25) is 14.4 Å². The van der Waals surface area contributed by atoms with Crippen molar-refractivity contribution < 1.29 is 33.8 Å². The van der Waals surface area contributed by atoms with Crippen molar-refractivity contribution in [1.29, 1.82) is 0 Å². The number of hydrazone groups is 1. The third kappa shape index (κ3) is 11.5. The van der Waals surface area contributed by atoms with Gasteiger partial charge in [0.05, 0.1) is 25.6 Å². The predicted molar refractivity (Wildman–Crippen MR) is 139 cm³/mol. The maximum atomic E-state index is 13.4. The van der Waals surface area contributed by atoms with Crippen molar-refractivity contribution in [2.75, 3.05) is 39.3 Å². The number of ether oxygens (including phenoxy) is 2. The summed E-state index contributed by atoms with van der Waals surface area (Å²) >= 11 is 0. The van der Waals surface area contributed by atoms with Crippen LogP contribution in [-0.4, -0.2) is 96.6 Å². The van der Waals surface area contributed by atoms with Crippen LogP contribution >= 0.6 is 0 Å². The Morgan fingerprint density at radius 2 is 2.05 bits per heavy atom. The van der Waals surface area contributed by atoms with Gasteiger partial charge in [0.25, 0.3) is 0 Å². The molecular formula is C25H38N6O7. The summed E-state index contributed by atoms with van der Waals surface area (Å²) in [7, 11) is 0. The second kappa shape index (κ2) is 16.8. The molecular weight excluding hydrogens is 496 g/mol. The lowest BCUT2D eigenvalue weighted by Gasteiger charge is -2.31. The van der Waals surface area contributed by atoms with Crippen molar-refractivity contribution in [1.82, 2.24) is 20.4 Å². The number of aliphatic carboxylic acids is 1. The van der Waals surface area contributed by atoms with Gasteiger partial charge in [0.2, 0.25) is 11.8 Å². The minimum atomic E-state index is -1.24. The number of carbonyl (C=O) groups excluding carboxylic acids is 3. The number of nitrogens with zero attached hydrogens (tertiary/aromatic N) is 3. The van der Waals surface area contributed by atoms with Gasteiger partial charge in [-0.05, 0) is 12.0 Å². The first-order chi connectivity index (χ1) is 18.3. The maximum Gasteiger partial charge on any atom is 0.408 e. The van der Waals surface area contributed by atoms with E-state index in [2.05, 4.69) is 15.7 Å². The number of carbonyl (C=O) groups is 4. The smallest absolute Gasteiger partial charge is 0.408 e. The topological polar surface area (TPSA) is 176 Å². The summed E-state index contributed by atoms with van der Waals surface area (Å²) in [4.78, 5) is 53.0. The summed E-state index contributed by atoms with van der Waals surface area (Å²) in [6.45, 7) is 3.92. The number of nitrogens with two attached hydrogens (primary N) is 1. The second-order valence-electron chi connectivity index (χ2n) is 8.84. The number of alkyl carbamates (subject to hydrolysis) is 1. The number of benzene rings is 1. The SMILES string of the molecule is CCCCN(CCC(=O)O)C(=O)C(CC(=O)NC[C@H]1CN(C=NN)CCO1)NC(=O)OCc1ccccc1. The number of carboxylic acid groups (broad SMARTS) is 1. The van der Waals surface area contributed by atoms with E-state index in [0.717, 1.165) is 12.0 Å². The highest BCUT2D eigenvalue weighted by Crippen LogP contribution is 2.08. The van der Waals surface area contributed by atoms with E-state index in [9.17, 15) is 19.2 Å². The van der Waals surface area contributed by atoms with E-state index in [1.165, 1.54) is 11.2 Å². The third-order valence-corrected chi connectivity index (χ3v) is 5.81. The highest BCUT2D eigenvalue weighted by atomic mass is 16.5. The molecule has 1 aliphatic heterocycles. The summed E-state index contributed by atoms with van der Waals surface area (Å²) in [6, 6.07) is 7.78. The van der Waals surface area contributed by atoms with E-state index in [0.29, 0.717) is 32.7 Å². The minimum Gasteiger partial charge on any atom is -0.481 e. The van der Waals surface area contributed by atoms with Gasteiger partial charge in [0.15, 0.2) is 0 Å². The van der Waals surface area contributed by atoms with Crippen molar-refractivity contribution in [3.63, 3.8) is 0 Å². The van der Waals surface area contributed by atoms with Gasteiger partial charge in [-0.25, -0.2) is 4.79 Å². The molecule has 0 bridgehead atoms. The van der Waals surface area contributed by atoms with E-state index in [1.54, 1.807) is 24.3 Å². The molecule has 1 saturated heterocycles. The highest BCUT2D eigenvalue weighted by Gasteiger charge is 2.29. The molecule has 0 aliphatic carbocycles. The van der Waals surface area contributed by atoms with Crippen LogP contribution < -0.4 is 16.5 Å². The molecule has 2 rings (SSSR count). The number of hydrogen-bond acceptors (Lipinski definition) is 8. The first kappa shape index (κ1) is 30.4. The fraction of sp³-hybridized carbons (Fsp3) is 0.560. The molecule has 1 aromatic rings. The van der Waals surface area contributed by atoms with Crippen LogP contribution in [0.5, 0.6) is 0 Å². The van der Waals surface area contributed by atoms with Crippen molar-refractivity contribution in [2.45, 2.75) is 51.4 Å². The van der Waals surface area contributed by atoms with Gasteiger partial charge in [0, 0.05) is 32.7 Å². The molecule has 1 heterocycles. The Morgan fingerprint density at radius 3 is 2.74 bits per heavy atom. The third-order valence-electron chi connectivity index (χ3n) is 5.81. The average molecular weight is 535 g/mol. The minimum absolute atomic E-state index is 0.0139. The van der Waals surface area contributed by atoms with Crippen LogP contribution in [0.2, 0.25) is 0 Å². The van der Waals surface area contributed by atoms with E-state index in [-0.39, 0.29) is 38.6 Å². The van der Waals surface area contributed by atoms with Crippen molar-refractivity contribution in [3.8, 4) is 0 Å². The van der Waals surface area contributed by atoms with Crippen LogP contribution in [-0.2, 0) is 30.5 Å². The summed E-state index contributed by atoms with van der Waals surface area (Å²) in [5.41, 5.74) is 0.760. The van der Waals surface area contributed by atoms with Crippen LogP contribution in [0.1, 0.15) is 38.2 Å². The summed E-state index contributed by atoms with van der Waals surface area (Å²) in [5, 5.41) is 17.8. The monoisotopic (exact) mass is 534 g/mol. The van der Waals surface area contributed by atoms with E-state index in [4.69, 9.17) is 20.4 Å². The Hall–Kier alpha value is -3.87. The van der Waals surface area contributed by atoms with Gasteiger partial charge in [0.1, 0.15) is 19.0 Å². The van der Waals surface area contributed by atoms with Crippen LogP contribution in [0.25, 0.3) is 0 Å². The highest BCUT2D eigenvalue weighted by molar-refractivity contribution is 5.91. The largest absolute Gasteiger partial charge is 0.481 e. The molecule has 1 unspecified atom stereocenters. The molecule has 0 spiro atoms. The molecule has 0 radical (unpaired) electrons. The Labute approximate surface area is 222 Å². The first-order valence-corrected chi connectivity index (χ1v) is 12.7. The van der Waals surface area contributed by atoms with E-state index >= 15 is 0 Å². The summed E-state index contributed by atoms with van der Waals surface area (Å²) in [6.07, 6.45) is 1.15. The van der Waals surface area contributed by atoms with Gasteiger partial charge in [-0.1, -0.05) is 43.7 Å². The Bertz CT molecular complexity index is 930. The van der Waals surface area contributed by atoms with Gasteiger partial charge < -0.3 is 40.9 Å². The number of hydrogen-bond donors (Lipinski definition) is 4. The fourth-order valence-corrected chi connectivity index (χ4v) is 3.79. The lowest BCUT2D eigenvalue weighted by Crippen LogP contribution is -2.52. The van der Waals surface area contributed by atoms with Gasteiger partial charge in [-0.15, -0.1) is 0 Å². The molecule has 2 atom stereocenters. The molecule has 0 saturated carbocycles.